The minimum absolute atomic E-state index is 0.0310. The van der Waals surface area contributed by atoms with E-state index in [0.717, 1.165) is 6.08 Å². The maximum atomic E-state index is 12.9. The number of aliphatic carboxylic acids is 1. The predicted molar refractivity (Wildman–Crippen MR) is 88.2 cm³/mol. The summed E-state index contributed by atoms with van der Waals surface area (Å²) < 4.78 is 82.4. The first-order valence-electron chi connectivity index (χ1n) is 7.82. The van der Waals surface area contributed by atoms with Gasteiger partial charge in [-0.15, -0.1) is 0 Å². The standard InChI is InChI=1S/C19H14F6O3/c20-18(21,22)15-6-12(7-16(9-15)19(23,24)25)10-28-11-14(8-17(26)27)13-4-2-1-3-5-13/h1-9H,10-11H2,(H,26,27). The van der Waals surface area contributed by atoms with Gasteiger partial charge in [-0.3, -0.25) is 0 Å². The van der Waals surface area contributed by atoms with Crippen LogP contribution in [0.2, 0.25) is 0 Å². The molecule has 150 valence electrons. The second-order valence-electron chi connectivity index (χ2n) is 5.78. The Kier molecular flexibility index (Phi) is 6.50. The van der Waals surface area contributed by atoms with E-state index in [1.165, 1.54) is 0 Å². The molecule has 0 unspecified atom stereocenters. The number of carbonyl (C=O) groups is 1. The Balaban J connectivity index is 2.22. The second-order valence-corrected chi connectivity index (χ2v) is 5.78. The summed E-state index contributed by atoms with van der Waals surface area (Å²) in [4.78, 5) is 10.9. The summed E-state index contributed by atoms with van der Waals surface area (Å²) in [5, 5.41) is 8.93. The third-order valence-electron chi connectivity index (χ3n) is 3.62. The molecule has 0 aliphatic rings. The monoisotopic (exact) mass is 404 g/mol. The molecule has 0 bridgehead atoms. The fourth-order valence-electron chi connectivity index (χ4n) is 2.39. The predicted octanol–water partition coefficient (Wildman–Crippen LogP) is 5.41. The smallest absolute Gasteiger partial charge is 0.416 e. The van der Waals surface area contributed by atoms with Gasteiger partial charge in [-0.05, 0) is 34.9 Å². The lowest BCUT2D eigenvalue weighted by Crippen LogP contribution is -2.12. The molecule has 3 nitrogen and oxygen atoms in total. The van der Waals surface area contributed by atoms with Gasteiger partial charge in [-0.1, -0.05) is 30.3 Å². The van der Waals surface area contributed by atoms with Gasteiger partial charge in [0.25, 0.3) is 0 Å². The van der Waals surface area contributed by atoms with E-state index in [9.17, 15) is 31.1 Å². The Labute approximate surface area is 155 Å². The fraction of sp³-hybridized carbons (Fsp3) is 0.211. The molecule has 0 aliphatic heterocycles. The van der Waals surface area contributed by atoms with Crippen LogP contribution in [0.25, 0.3) is 5.57 Å². The van der Waals surface area contributed by atoms with Crippen molar-refractivity contribution in [2.45, 2.75) is 19.0 Å². The quantitative estimate of drug-likeness (QED) is 0.517. The minimum atomic E-state index is -4.95. The largest absolute Gasteiger partial charge is 0.478 e. The highest BCUT2D eigenvalue weighted by Crippen LogP contribution is 2.36. The molecular formula is C19H14F6O3. The van der Waals surface area contributed by atoms with E-state index in [2.05, 4.69) is 0 Å². The van der Waals surface area contributed by atoms with Gasteiger partial charge in [0, 0.05) is 6.08 Å². The molecule has 2 aromatic rings. The summed E-state index contributed by atoms with van der Waals surface area (Å²) in [6.45, 7) is -0.870. The third-order valence-corrected chi connectivity index (χ3v) is 3.62. The molecule has 0 fully saturated rings. The molecule has 0 spiro atoms. The Morgan fingerprint density at radius 3 is 1.93 bits per heavy atom. The van der Waals surface area contributed by atoms with Crippen LogP contribution in [0.4, 0.5) is 26.3 Å². The van der Waals surface area contributed by atoms with Crippen molar-refractivity contribution < 1.29 is 41.0 Å². The van der Waals surface area contributed by atoms with Crippen LogP contribution in [0.3, 0.4) is 0 Å². The van der Waals surface area contributed by atoms with Crippen molar-refractivity contribution in [1.29, 1.82) is 0 Å². The van der Waals surface area contributed by atoms with Crippen molar-refractivity contribution in [1.82, 2.24) is 0 Å². The zero-order valence-electron chi connectivity index (χ0n) is 14.1. The van der Waals surface area contributed by atoms with Crippen molar-refractivity contribution in [2.24, 2.45) is 0 Å². The van der Waals surface area contributed by atoms with E-state index in [4.69, 9.17) is 9.84 Å². The van der Waals surface area contributed by atoms with E-state index in [1.807, 2.05) is 0 Å². The van der Waals surface area contributed by atoms with Crippen molar-refractivity contribution >= 4 is 11.5 Å². The normalized spacial score (nSPS) is 12.9. The summed E-state index contributed by atoms with van der Waals surface area (Å²) in [6, 6.07) is 9.36. The van der Waals surface area contributed by atoms with Crippen molar-refractivity contribution in [2.75, 3.05) is 6.61 Å². The van der Waals surface area contributed by atoms with Crippen LogP contribution in [0.1, 0.15) is 22.3 Å². The maximum absolute atomic E-state index is 12.9. The Hall–Kier alpha value is -2.81. The van der Waals surface area contributed by atoms with E-state index in [1.54, 1.807) is 30.3 Å². The molecule has 0 saturated heterocycles. The van der Waals surface area contributed by atoms with Gasteiger partial charge in [-0.25, -0.2) is 4.79 Å². The van der Waals surface area contributed by atoms with Gasteiger partial charge in [0.05, 0.1) is 24.3 Å². The minimum Gasteiger partial charge on any atom is -0.478 e. The van der Waals surface area contributed by atoms with Crippen LogP contribution < -0.4 is 0 Å². The van der Waals surface area contributed by atoms with Crippen molar-refractivity contribution in [3.05, 3.63) is 76.9 Å². The van der Waals surface area contributed by atoms with Crippen LogP contribution in [-0.2, 0) is 28.5 Å². The third kappa shape index (κ3) is 6.12. The Morgan fingerprint density at radius 2 is 1.46 bits per heavy atom. The van der Waals surface area contributed by atoms with Crippen LogP contribution in [0.5, 0.6) is 0 Å². The highest BCUT2D eigenvalue weighted by Gasteiger charge is 2.36. The summed E-state index contributed by atoms with van der Waals surface area (Å²) in [6.07, 6.45) is -9.04. The van der Waals surface area contributed by atoms with Gasteiger partial charge in [0.15, 0.2) is 0 Å². The summed E-state index contributed by atoms with van der Waals surface area (Å²) in [7, 11) is 0. The van der Waals surface area contributed by atoms with Gasteiger partial charge < -0.3 is 9.84 Å². The number of ether oxygens (including phenoxy) is 1. The van der Waals surface area contributed by atoms with Gasteiger partial charge in [0.1, 0.15) is 0 Å². The Morgan fingerprint density at radius 1 is 0.929 bits per heavy atom. The van der Waals surface area contributed by atoms with E-state index in [-0.39, 0.29) is 23.8 Å². The number of halogens is 6. The topological polar surface area (TPSA) is 46.5 Å². The summed E-state index contributed by atoms with van der Waals surface area (Å²) in [5.74, 6) is -1.26. The zero-order chi connectivity index (χ0) is 20.9. The molecule has 9 heteroatoms. The molecule has 0 heterocycles. The molecule has 2 rings (SSSR count). The van der Waals surface area contributed by atoms with E-state index in [0.29, 0.717) is 17.7 Å². The first-order valence-corrected chi connectivity index (χ1v) is 7.82. The molecule has 0 aliphatic carbocycles. The average molecular weight is 404 g/mol. The second kappa shape index (κ2) is 8.47. The molecule has 28 heavy (non-hydrogen) atoms. The number of carboxylic acid groups (broad SMARTS) is 1. The number of benzene rings is 2. The first kappa shape index (κ1) is 21.5. The molecule has 1 N–H and O–H groups in total. The van der Waals surface area contributed by atoms with Crippen LogP contribution >= 0.6 is 0 Å². The fourth-order valence-corrected chi connectivity index (χ4v) is 2.39. The SMILES string of the molecule is O=C(O)C=C(COCc1cc(C(F)(F)F)cc(C(F)(F)F)c1)c1ccccc1. The van der Waals surface area contributed by atoms with Crippen molar-refractivity contribution in [3.63, 3.8) is 0 Å². The van der Waals surface area contributed by atoms with Crippen LogP contribution in [0, 0.1) is 0 Å². The molecule has 0 atom stereocenters. The molecule has 0 aromatic heterocycles. The molecule has 0 amide bonds. The van der Waals surface area contributed by atoms with E-state index >= 15 is 0 Å². The molecule has 2 aromatic carbocycles. The van der Waals surface area contributed by atoms with Crippen LogP contribution in [-0.4, -0.2) is 17.7 Å². The lowest BCUT2D eigenvalue weighted by Gasteiger charge is -2.15. The van der Waals surface area contributed by atoms with Gasteiger partial charge in [0.2, 0.25) is 0 Å². The maximum Gasteiger partial charge on any atom is 0.416 e. The number of rotatable bonds is 6. The highest BCUT2D eigenvalue weighted by molar-refractivity contribution is 5.90. The lowest BCUT2D eigenvalue weighted by atomic mass is 10.0. The Bertz CT molecular complexity index is 822. The van der Waals surface area contributed by atoms with Crippen LogP contribution in [0.15, 0.2) is 54.6 Å². The number of hydrogen-bond acceptors (Lipinski definition) is 2. The molecule has 0 saturated carbocycles. The summed E-state index contributed by atoms with van der Waals surface area (Å²) in [5.41, 5.74) is -2.48. The summed E-state index contributed by atoms with van der Waals surface area (Å²) >= 11 is 0. The lowest BCUT2D eigenvalue weighted by molar-refractivity contribution is -0.143. The first-order chi connectivity index (χ1) is 13.0. The molecule has 0 radical (unpaired) electrons. The number of hydrogen-bond donors (Lipinski definition) is 1. The number of carboxylic acids is 1. The van der Waals surface area contributed by atoms with Gasteiger partial charge >= 0.3 is 18.3 Å². The van der Waals surface area contributed by atoms with E-state index < -0.39 is 36.1 Å². The van der Waals surface area contributed by atoms with Gasteiger partial charge in [-0.2, -0.15) is 26.3 Å². The molecular weight excluding hydrogens is 390 g/mol. The highest BCUT2D eigenvalue weighted by atomic mass is 19.4. The van der Waals surface area contributed by atoms with Crippen molar-refractivity contribution in [3.8, 4) is 0 Å². The average Bonchev–Trinajstić information content (AvgIpc) is 2.59. The number of alkyl halides is 6. The zero-order valence-corrected chi connectivity index (χ0v) is 14.1.